The Bertz CT molecular complexity index is 893. The molecule has 25 heavy (non-hydrogen) atoms. The van der Waals surface area contributed by atoms with Crippen LogP contribution in [0.3, 0.4) is 0 Å². The highest BCUT2D eigenvalue weighted by atomic mass is 16.3. The van der Waals surface area contributed by atoms with Gasteiger partial charge in [0.1, 0.15) is 11.6 Å². The molecule has 4 rings (SSSR count). The zero-order chi connectivity index (χ0) is 17.2. The van der Waals surface area contributed by atoms with Crippen LogP contribution in [-0.4, -0.2) is 21.1 Å². The van der Waals surface area contributed by atoms with E-state index >= 15 is 0 Å². The Morgan fingerprint density at radius 1 is 0.960 bits per heavy atom. The van der Waals surface area contributed by atoms with Crippen LogP contribution in [0.15, 0.2) is 48.5 Å². The molecule has 2 aromatic carbocycles. The molecule has 1 aromatic heterocycles. The summed E-state index contributed by atoms with van der Waals surface area (Å²) in [7, 11) is 0. The predicted molar refractivity (Wildman–Crippen MR) is 102 cm³/mol. The Hall–Kier alpha value is -2.62. The van der Waals surface area contributed by atoms with Crippen LogP contribution in [0.25, 0.3) is 22.3 Å². The van der Waals surface area contributed by atoms with E-state index in [4.69, 9.17) is 4.98 Å². The molecule has 2 atom stereocenters. The lowest BCUT2D eigenvalue weighted by Gasteiger charge is -2.30. The van der Waals surface area contributed by atoms with Crippen molar-refractivity contribution in [1.29, 1.82) is 0 Å². The van der Waals surface area contributed by atoms with Gasteiger partial charge in [-0.1, -0.05) is 44.0 Å². The van der Waals surface area contributed by atoms with Crippen LogP contribution in [0, 0.1) is 5.92 Å². The second-order valence-corrected chi connectivity index (χ2v) is 6.94. The number of fused-ring (bicyclic) bond motifs is 1. The number of hydrogen-bond donors (Lipinski definition) is 2. The number of phenols is 1. The van der Waals surface area contributed by atoms with E-state index in [9.17, 15) is 5.11 Å². The molecular formula is C21H23N3O. The van der Waals surface area contributed by atoms with Crippen molar-refractivity contribution < 1.29 is 5.11 Å². The number of anilines is 1. The molecule has 0 saturated heterocycles. The maximum Gasteiger partial charge on any atom is 0.165 e. The topological polar surface area (TPSA) is 58.0 Å². The van der Waals surface area contributed by atoms with E-state index in [1.807, 2.05) is 36.4 Å². The van der Waals surface area contributed by atoms with Crippen molar-refractivity contribution >= 4 is 16.7 Å². The van der Waals surface area contributed by atoms with Gasteiger partial charge >= 0.3 is 0 Å². The maximum absolute atomic E-state index is 10.2. The monoisotopic (exact) mass is 333 g/mol. The van der Waals surface area contributed by atoms with Crippen LogP contribution in [-0.2, 0) is 0 Å². The van der Waals surface area contributed by atoms with Crippen LogP contribution in [0.2, 0.25) is 0 Å². The number of para-hydroxylation sites is 2. The Morgan fingerprint density at radius 3 is 2.56 bits per heavy atom. The van der Waals surface area contributed by atoms with E-state index in [0.717, 1.165) is 16.7 Å². The number of benzene rings is 2. The van der Waals surface area contributed by atoms with E-state index in [1.165, 1.54) is 25.7 Å². The van der Waals surface area contributed by atoms with Gasteiger partial charge in [-0.05, 0) is 43.0 Å². The molecule has 128 valence electrons. The van der Waals surface area contributed by atoms with E-state index in [-0.39, 0.29) is 5.75 Å². The van der Waals surface area contributed by atoms with Crippen molar-refractivity contribution in [2.45, 2.75) is 38.6 Å². The minimum Gasteiger partial charge on any atom is -0.507 e. The number of nitrogens with zero attached hydrogens (tertiary/aromatic N) is 2. The minimum atomic E-state index is 0.203. The second-order valence-electron chi connectivity index (χ2n) is 6.94. The number of nitrogens with one attached hydrogen (secondary N) is 1. The highest BCUT2D eigenvalue weighted by Crippen LogP contribution is 2.32. The fourth-order valence-electron chi connectivity index (χ4n) is 3.68. The molecule has 0 amide bonds. The molecule has 0 aliphatic heterocycles. The third-order valence-corrected chi connectivity index (χ3v) is 5.18. The van der Waals surface area contributed by atoms with Gasteiger partial charge in [0.25, 0.3) is 0 Å². The molecule has 4 heteroatoms. The van der Waals surface area contributed by atoms with Gasteiger partial charge in [-0.3, -0.25) is 0 Å². The van der Waals surface area contributed by atoms with Gasteiger partial charge in [-0.25, -0.2) is 9.97 Å². The first-order chi connectivity index (χ1) is 12.2. The number of phenolic OH excluding ortho intramolecular Hbond substituents is 1. The quantitative estimate of drug-likeness (QED) is 0.709. The normalized spacial score (nSPS) is 20.5. The van der Waals surface area contributed by atoms with Gasteiger partial charge < -0.3 is 10.4 Å². The second kappa shape index (κ2) is 6.71. The molecule has 1 fully saturated rings. The fraction of sp³-hybridized carbons (Fsp3) is 0.333. The van der Waals surface area contributed by atoms with E-state index < -0.39 is 0 Å². The number of hydrogen-bond acceptors (Lipinski definition) is 4. The molecule has 2 N–H and O–H groups in total. The molecule has 4 nitrogen and oxygen atoms in total. The van der Waals surface area contributed by atoms with Crippen molar-refractivity contribution in [3.05, 3.63) is 48.5 Å². The average molecular weight is 333 g/mol. The van der Waals surface area contributed by atoms with Gasteiger partial charge in [0.2, 0.25) is 0 Å². The summed E-state index contributed by atoms with van der Waals surface area (Å²) in [6.45, 7) is 2.31. The first-order valence-electron chi connectivity index (χ1n) is 9.04. The molecule has 1 heterocycles. The van der Waals surface area contributed by atoms with Gasteiger partial charge in [0.05, 0.1) is 11.1 Å². The summed E-state index contributed by atoms with van der Waals surface area (Å²) >= 11 is 0. The number of rotatable bonds is 3. The van der Waals surface area contributed by atoms with Gasteiger partial charge in [-0.15, -0.1) is 0 Å². The highest BCUT2D eigenvalue weighted by Gasteiger charge is 2.22. The zero-order valence-corrected chi connectivity index (χ0v) is 14.4. The Balaban J connectivity index is 1.80. The zero-order valence-electron chi connectivity index (χ0n) is 14.4. The van der Waals surface area contributed by atoms with Crippen molar-refractivity contribution in [2.75, 3.05) is 5.32 Å². The first-order valence-corrected chi connectivity index (χ1v) is 9.04. The van der Waals surface area contributed by atoms with Crippen LogP contribution in [0.1, 0.15) is 32.6 Å². The summed E-state index contributed by atoms with van der Waals surface area (Å²) in [6.07, 6.45) is 5.00. The molecule has 0 bridgehead atoms. The summed E-state index contributed by atoms with van der Waals surface area (Å²) < 4.78 is 0. The number of aromatic hydroxyl groups is 1. The van der Waals surface area contributed by atoms with E-state index in [0.29, 0.717) is 23.3 Å². The molecule has 2 unspecified atom stereocenters. The molecule has 1 saturated carbocycles. The smallest absolute Gasteiger partial charge is 0.165 e. The van der Waals surface area contributed by atoms with Crippen molar-refractivity contribution in [1.82, 2.24) is 9.97 Å². The summed E-state index contributed by atoms with van der Waals surface area (Å²) in [5.41, 5.74) is 1.55. The van der Waals surface area contributed by atoms with Crippen molar-refractivity contribution in [3.8, 4) is 17.1 Å². The van der Waals surface area contributed by atoms with E-state index in [2.05, 4.69) is 23.3 Å². The maximum atomic E-state index is 10.2. The summed E-state index contributed by atoms with van der Waals surface area (Å²) in [5, 5.41) is 14.9. The summed E-state index contributed by atoms with van der Waals surface area (Å²) in [6, 6.07) is 15.7. The average Bonchev–Trinajstić information content (AvgIpc) is 2.64. The van der Waals surface area contributed by atoms with Crippen LogP contribution < -0.4 is 5.32 Å². The summed E-state index contributed by atoms with van der Waals surface area (Å²) in [5.74, 6) is 2.26. The third-order valence-electron chi connectivity index (χ3n) is 5.18. The van der Waals surface area contributed by atoms with Gasteiger partial charge in [-0.2, -0.15) is 0 Å². The van der Waals surface area contributed by atoms with Crippen LogP contribution >= 0.6 is 0 Å². The van der Waals surface area contributed by atoms with Gasteiger partial charge in [0, 0.05) is 11.4 Å². The van der Waals surface area contributed by atoms with Crippen molar-refractivity contribution in [3.63, 3.8) is 0 Å². The molecule has 3 aromatic rings. The standard InChI is InChI=1S/C21H23N3O/c1-14-8-2-5-11-17(14)22-20-15-9-3-6-12-18(15)23-21(24-20)16-10-4-7-13-19(16)25/h3-4,6-7,9-10,12-14,17,25H,2,5,8,11H2,1H3,(H,22,23,24). The molecule has 0 spiro atoms. The Kier molecular flexibility index (Phi) is 4.26. The summed E-state index contributed by atoms with van der Waals surface area (Å²) in [4.78, 5) is 9.45. The fourth-order valence-corrected chi connectivity index (χ4v) is 3.68. The first kappa shape index (κ1) is 15.9. The number of aromatic nitrogens is 2. The van der Waals surface area contributed by atoms with Gasteiger partial charge in [0.15, 0.2) is 5.82 Å². The minimum absolute atomic E-state index is 0.203. The van der Waals surface area contributed by atoms with Crippen LogP contribution in [0.5, 0.6) is 5.75 Å². The van der Waals surface area contributed by atoms with Crippen molar-refractivity contribution in [2.24, 2.45) is 5.92 Å². The highest BCUT2D eigenvalue weighted by molar-refractivity contribution is 5.91. The molecule has 0 radical (unpaired) electrons. The van der Waals surface area contributed by atoms with E-state index in [1.54, 1.807) is 6.07 Å². The Morgan fingerprint density at radius 2 is 1.72 bits per heavy atom. The largest absolute Gasteiger partial charge is 0.507 e. The lowest BCUT2D eigenvalue weighted by molar-refractivity contribution is 0.349. The third kappa shape index (κ3) is 3.16. The lowest BCUT2D eigenvalue weighted by atomic mass is 9.86. The SMILES string of the molecule is CC1CCCCC1Nc1nc(-c2ccccc2O)nc2ccccc12. The Labute approximate surface area is 148 Å². The molecule has 1 aliphatic carbocycles. The lowest BCUT2D eigenvalue weighted by Crippen LogP contribution is -2.30. The van der Waals surface area contributed by atoms with Crippen LogP contribution in [0.4, 0.5) is 5.82 Å². The predicted octanol–water partition coefficient (Wildman–Crippen LogP) is 4.99. The molecule has 1 aliphatic rings. The molecular weight excluding hydrogens is 310 g/mol.